The Hall–Kier alpha value is -0.440. The fourth-order valence-corrected chi connectivity index (χ4v) is 4.71. The van der Waals surface area contributed by atoms with Crippen LogP contribution in [0.3, 0.4) is 0 Å². The number of carbonyl (C=O) groups is 1. The Balaban J connectivity index is 3.40. The molecule has 3 heteroatoms. The van der Waals surface area contributed by atoms with Crippen LogP contribution in [-0.4, -0.2) is 21.6 Å². The highest BCUT2D eigenvalue weighted by Gasteiger charge is 2.34. The van der Waals surface area contributed by atoms with Crippen molar-refractivity contribution in [1.82, 2.24) is 0 Å². The molecule has 27 heavy (non-hydrogen) atoms. The molecule has 0 unspecified atom stereocenters. The van der Waals surface area contributed by atoms with Gasteiger partial charge in [-0.2, -0.15) is 0 Å². The van der Waals surface area contributed by atoms with Crippen molar-refractivity contribution in [3.05, 3.63) is 12.2 Å². The minimum atomic E-state index is -0.637. The number of unbranched alkanes of at least 4 members (excludes halogenated alkanes) is 12. The second kappa shape index (κ2) is 18.9. The average Bonchev–Trinajstić information content (AvgIpc) is 2.67. The predicted molar refractivity (Wildman–Crippen MR) is 123 cm³/mol. The molecule has 0 saturated heterocycles. The second-order valence-corrected chi connectivity index (χ2v) is 9.27. The number of carboxylic acid groups (broad SMARTS) is 1. The smallest absolute Gasteiger partial charge is 0.319 e. The zero-order chi connectivity index (χ0) is 20.2. The molecule has 0 amide bonds. The molecule has 0 heterocycles. The average molecular weight is 399 g/mol. The van der Waals surface area contributed by atoms with E-state index in [0.717, 1.165) is 25.0 Å². The molecular formula is C24H46O2S. The lowest BCUT2D eigenvalue weighted by Gasteiger charge is -2.25. The first kappa shape index (κ1) is 26.6. The number of rotatable bonds is 20. The Morgan fingerprint density at radius 2 is 1.19 bits per heavy atom. The minimum absolute atomic E-state index is 0.554. The van der Waals surface area contributed by atoms with Crippen molar-refractivity contribution in [2.45, 2.75) is 128 Å². The molecule has 0 aromatic heterocycles. The van der Waals surface area contributed by atoms with Crippen LogP contribution in [0, 0.1) is 0 Å². The zero-order valence-electron chi connectivity index (χ0n) is 18.4. The predicted octanol–water partition coefficient (Wildman–Crippen LogP) is 8.40. The molecule has 0 saturated carbocycles. The highest BCUT2D eigenvalue weighted by Crippen LogP contribution is 2.33. The van der Waals surface area contributed by atoms with Crippen LogP contribution in [-0.2, 0) is 4.79 Å². The first-order valence-corrected chi connectivity index (χ1v) is 12.6. The number of thioether (sulfide) groups is 1. The van der Waals surface area contributed by atoms with E-state index < -0.39 is 10.7 Å². The van der Waals surface area contributed by atoms with E-state index in [2.05, 4.69) is 19.1 Å². The second-order valence-electron chi connectivity index (χ2n) is 7.79. The fraction of sp³-hybridized carbons (Fsp3) is 0.875. The maximum absolute atomic E-state index is 11.5. The summed E-state index contributed by atoms with van der Waals surface area (Å²) in [6.45, 7) is 6.26. The van der Waals surface area contributed by atoms with Crippen LogP contribution in [0.1, 0.15) is 124 Å². The van der Waals surface area contributed by atoms with Gasteiger partial charge in [-0.3, -0.25) is 4.79 Å². The van der Waals surface area contributed by atoms with Crippen LogP contribution in [0.15, 0.2) is 12.2 Å². The molecule has 0 bridgehead atoms. The molecule has 0 atom stereocenters. The van der Waals surface area contributed by atoms with E-state index in [-0.39, 0.29) is 0 Å². The summed E-state index contributed by atoms with van der Waals surface area (Å²) in [5, 5.41) is 9.43. The molecule has 0 aromatic carbocycles. The summed E-state index contributed by atoms with van der Waals surface area (Å²) in [5.41, 5.74) is 0. The Kier molecular flexibility index (Phi) is 18.6. The van der Waals surface area contributed by atoms with Crippen molar-refractivity contribution in [2.24, 2.45) is 0 Å². The summed E-state index contributed by atoms with van der Waals surface area (Å²) < 4.78 is -0.554. The van der Waals surface area contributed by atoms with Gasteiger partial charge < -0.3 is 5.11 Å². The first-order chi connectivity index (χ1) is 13.1. The van der Waals surface area contributed by atoms with Gasteiger partial charge in [0.2, 0.25) is 0 Å². The summed E-state index contributed by atoms with van der Waals surface area (Å²) in [6, 6.07) is 0. The Morgan fingerprint density at radius 3 is 1.63 bits per heavy atom. The van der Waals surface area contributed by atoms with Gasteiger partial charge in [0.05, 0.1) is 0 Å². The third-order valence-electron chi connectivity index (χ3n) is 5.57. The SMILES string of the molecule is CCCCCCCC/C=C\CCCCCCCCSC(CC)(CC)C(=O)O. The van der Waals surface area contributed by atoms with Gasteiger partial charge in [0.25, 0.3) is 0 Å². The molecular weight excluding hydrogens is 352 g/mol. The normalized spacial score (nSPS) is 12.1. The zero-order valence-corrected chi connectivity index (χ0v) is 19.3. The number of carboxylic acids is 1. The molecule has 0 aromatic rings. The first-order valence-electron chi connectivity index (χ1n) is 11.6. The standard InChI is InChI=1S/C24H46O2S/c1-4-7-8-9-10-11-12-13-14-15-16-17-18-19-20-21-22-27-24(5-2,6-3)23(25)26/h13-14H,4-12,15-22H2,1-3H3,(H,25,26)/b14-13-. The molecule has 0 rings (SSSR count). The summed E-state index contributed by atoms with van der Waals surface area (Å²) in [6.07, 6.45) is 24.7. The lowest BCUT2D eigenvalue weighted by atomic mass is 10.0. The number of hydrogen-bond donors (Lipinski definition) is 1. The van der Waals surface area contributed by atoms with Gasteiger partial charge >= 0.3 is 5.97 Å². The summed E-state index contributed by atoms with van der Waals surface area (Å²) >= 11 is 1.65. The Bertz CT molecular complexity index is 361. The van der Waals surface area contributed by atoms with Crippen molar-refractivity contribution < 1.29 is 9.90 Å². The van der Waals surface area contributed by atoms with E-state index in [1.165, 1.54) is 83.5 Å². The van der Waals surface area contributed by atoms with Crippen LogP contribution in [0.25, 0.3) is 0 Å². The van der Waals surface area contributed by atoms with Crippen LogP contribution in [0.4, 0.5) is 0 Å². The lowest BCUT2D eigenvalue weighted by Crippen LogP contribution is -2.33. The Morgan fingerprint density at radius 1 is 0.741 bits per heavy atom. The van der Waals surface area contributed by atoms with Crippen molar-refractivity contribution in [1.29, 1.82) is 0 Å². The van der Waals surface area contributed by atoms with Crippen molar-refractivity contribution in [3.63, 3.8) is 0 Å². The van der Waals surface area contributed by atoms with Crippen LogP contribution in [0.5, 0.6) is 0 Å². The fourth-order valence-electron chi connectivity index (χ4n) is 3.44. The molecule has 160 valence electrons. The van der Waals surface area contributed by atoms with Gasteiger partial charge in [-0.15, -0.1) is 11.8 Å². The quantitative estimate of drug-likeness (QED) is 0.165. The summed E-state index contributed by atoms with van der Waals surface area (Å²) in [4.78, 5) is 11.5. The van der Waals surface area contributed by atoms with Crippen LogP contribution >= 0.6 is 11.8 Å². The molecule has 1 N–H and O–H groups in total. The Labute approximate surface area is 174 Å². The number of aliphatic carboxylic acids is 1. The molecule has 0 fully saturated rings. The molecule has 2 nitrogen and oxygen atoms in total. The van der Waals surface area contributed by atoms with E-state index in [1.807, 2.05) is 13.8 Å². The van der Waals surface area contributed by atoms with Gasteiger partial charge in [-0.05, 0) is 50.7 Å². The third kappa shape index (κ3) is 14.2. The van der Waals surface area contributed by atoms with E-state index in [4.69, 9.17) is 0 Å². The maximum Gasteiger partial charge on any atom is 0.319 e. The van der Waals surface area contributed by atoms with Crippen molar-refractivity contribution in [3.8, 4) is 0 Å². The van der Waals surface area contributed by atoms with Gasteiger partial charge in [-0.1, -0.05) is 90.7 Å². The third-order valence-corrected chi connectivity index (χ3v) is 7.36. The van der Waals surface area contributed by atoms with E-state index in [9.17, 15) is 9.90 Å². The summed E-state index contributed by atoms with van der Waals surface area (Å²) in [5.74, 6) is 0.344. The van der Waals surface area contributed by atoms with E-state index in [0.29, 0.717) is 0 Å². The lowest BCUT2D eigenvalue weighted by molar-refractivity contribution is -0.140. The largest absolute Gasteiger partial charge is 0.480 e. The van der Waals surface area contributed by atoms with Gasteiger partial charge in [0.15, 0.2) is 0 Å². The topological polar surface area (TPSA) is 37.3 Å². The monoisotopic (exact) mass is 398 g/mol. The number of allylic oxidation sites excluding steroid dienone is 2. The van der Waals surface area contributed by atoms with Crippen molar-refractivity contribution in [2.75, 3.05) is 5.75 Å². The minimum Gasteiger partial charge on any atom is -0.480 e. The van der Waals surface area contributed by atoms with Crippen molar-refractivity contribution >= 4 is 17.7 Å². The van der Waals surface area contributed by atoms with Gasteiger partial charge in [-0.25, -0.2) is 0 Å². The highest BCUT2D eigenvalue weighted by molar-refractivity contribution is 8.01. The summed E-state index contributed by atoms with van der Waals surface area (Å²) in [7, 11) is 0. The van der Waals surface area contributed by atoms with Crippen LogP contribution in [0.2, 0.25) is 0 Å². The van der Waals surface area contributed by atoms with E-state index >= 15 is 0 Å². The molecule has 0 radical (unpaired) electrons. The van der Waals surface area contributed by atoms with Gasteiger partial charge in [0.1, 0.15) is 4.75 Å². The molecule has 0 aliphatic rings. The molecule has 0 aliphatic carbocycles. The van der Waals surface area contributed by atoms with Crippen LogP contribution < -0.4 is 0 Å². The van der Waals surface area contributed by atoms with Gasteiger partial charge in [0, 0.05) is 0 Å². The van der Waals surface area contributed by atoms with E-state index in [1.54, 1.807) is 11.8 Å². The highest BCUT2D eigenvalue weighted by atomic mass is 32.2. The molecule has 0 aliphatic heterocycles. The number of hydrogen-bond acceptors (Lipinski definition) is 2. The molecule has 0 spiro atoms. The maximum atomic E-state index is 11.5.